The van der Waals surface area contributed by atoms with Gasteiger partial charge in [-0.25, -0.2) is 4.79 Å². The summed E-state index contributed by atoms with van der Waals surface area (Å²) in [5.74, 6) is -2.01. The van der Waals surface area contributed by atoms with Gasteiger partial charge in [0.2, 0.25) is 0 Å². The van der Waals surface area contributed by atoms with Crippen LogP contribution in [0, 0.1) is 28.6 Å². The quantitative estimate of drug-likeness (QED) is 0.449. The van der Waals surface area contributed by atoms with Crippen molar-refractivity contribution in [1.82, 2.24) is 0 Å². The minimum absolute atomic E-state index is 0.0706. The molecule has 3 saturated carbocycles. The Balaban J connectivity index is 1.61. The Kier molecular flexibility index (Phi) is 5.71. The zero-order chi connectivity index (χ0) is 25.4. The molecule has 1 heterocycles. The minimum Gasteiger partial charge on any atom is -0.472 e. The second kappa shape index (κ2) is 8.06. The monoisotopic (exact) mass is 520 g/mol. The minimum atomic E-state index is -1.51. The number of hydrogen-bond acceptors (Lipinski definition) is 6. The van der Waals surface area contributed by atoms with Crippen LogP contribution >= 0.6 is 23.2 Å². The summed E-state index contributed by atoms with van der Waals surface area (Å²) in [6.07, 6.45) is 8.75. The van der Waals surface area contributed by atoms with Crippen molar-refractivity contribution in [3.8, 4) is 0 Å². The van der Waals surface area contributed by atoms with Crippen LogP contribution < -0.4 is 0 Å². The maximum atomic E-state index is 13.6. The molecular weight excluding hydrogens is 491 g/mol. The molecule has 1 aromatic rings. The van der Waals surface area contributed by atoms with Crippen molar-refractivity contribution >= 4 is 40.7 Å². The first-order chi connectivity index (χ1) is 16.5. The van der Waals surface area contributed by atoms with E-state index in [0.717, 1.165) is 5.57 Å². The van der Waals surface area contributed by atoms with Gasteiger partial charge in [0, 0.05) is 16.7 Å². The first kappa shape index (κ1) is 24.8. The summed E-state index contributed by atoms with van der Waals surface area (Å²) in [5.41, 5.74) is -1.95. The Labute approximate surface area is 214 Å². The number of aliphatic hydroxyl groups is 1. The number of esters is 1. The Morgan fingerprint density at radius 1 is 1.29 bits per heavy atom. The highest BCUT2D eigenvalue weighted by Crippen LogP contribution is 2.72. The number of fused-ring (bicyclic) bond motifs is 5. The smallest absolute Gasteiger partial charge is 0.342 e. The fourth-order valence-electron chi connectivity index (χ4n) is 8.08. The van der Waals surface area contributed by atoms with Crippen molar-refractivity contribution in [1.29, 1.82) is 0 Å². The normalized spacial score (nSPS) is 44.2. The summed E-state index contributed by atoms with van der Waals surface area (Å²) in [7, 11) is 0. The first-order valence-electron chi connectivity index (χ1n) is 12.1. The molecule has 3 fully saturated rings. The number of allylic oxidation sites excluding steroid dienone is 4. The van der Waals surface area contributed by atoms with Crippen LogP contribution in [0.5, 0.6) is 0 Å². The predicted octanol–water partition coefficient (Wildman–Crippen LogP) is 4.87. The molecule has 0 unspecified atom stereocenters. The first-order valence-corrected chi connectivity index (χ1v) is 13.0. The van der Waals surface area contributed by atoms with Gasteiger partial charge in [0.05, 0.1) is 28.7 Å². The van der Waals surface area contributed by atoms with E-state index in [0.29, 0.717) is 19.3 Å². The summed E-state index contributed by atoms with van der Waals surface area (Å²) in [4.78, 5) is 37.8. The number of furan rings is 1. The molecule has 0 aromatic carbocycles. The maximum absolute atomic E-state index is 13.6. The molecule has 5 rings (SSSR count). The van der Waals surface area contributed by atoms with E-state index < -0.39 is 33.4 Å². The molecule has 4 aliphatic carbocycles. The van der Waals surface area contributed by atoms with Crippen molar-refractivity contribution in [2.24, 2.45) is 28.6 Å². The molecule has 0 saturated heterocycles. The van der Waals surface area contributed by atoms with Crippen LogP contribution in [-0.2, 0) is 14.3 Å². The van der Waals surface area contributed by atoms with Gasteiger partial charge in [-0.1, -0.05) is 32.4 Å². The second-order valence-corrected chi connectivity index (χ2v) is 12.0. The van der Waals surface area contributed by atoms with Gasteiger partial charge in [-0.15, -0.1) is 23.2 Å². The van der Waals surface area contributed by atoms with Crippen molar-refractivity contribution in [3.05, 3.63) is 48.0 Å². The molecule has 6 nitrogen and oxygen atoms in total. The lowest BCUT2D eigenvalue weighted by Crippen LogP contribution is -2.69. The van der Waals surface area contributed by atoms with E-state index in [4.69, 9.17) is 32.4 Å². The third-order valence-corrected chi connectivity index (χ3v) is 10.9. The number of ketones is 2. The number of Topliss-reactive ketones (excluding diaryl/α,β-unsaturated/α-hetero) is 1. The molecule has 188 valence electrons. The maximum Gasteiger partial charge on any atom is 0.342 e. The Morgan fingerprint density at radius 3 is 2.69 bits per heavy atom. The van der Waals surface area contributed by atoms with E-state index >= 15 is 0 Å². The highest BCUT2D eigenvalue weighted by atomic mass is 35.5. The van der Waals surface area contributed by atoms with Crippen molar-refractivity contribution in [2.75, 3.05) is 5.88 Å². The van der Waals surface area contributed by atoms with Gasteiger partial charge < -0.3 is 14.3 Å². The average molecular weight is 521 g/mol. The van der Waals surface area contributed by atoms with Crippen molar-refractivity contribution in [3.63, 3.8) is 0 Å². The van der Waals surface area contributed by atoms with Crippen LogP contribution in [-0.4, -0.2) is 45.1 Å². The Morgan fingerprint density at radius 2 is 2.03 bits per heavy atom. The number of ether oxygens (including phenoxy) is 1. The van der Waals surface area contributed by atoms with Crippen LogP contribution in [0.1, 0.15) is 56.8 Å². The van der Waals surface area contributed by atoms with Gasteiger partial charge in [0.25, 0.3) is 0 Å². The van der Waals surface area contributed by atoms with E-state index in [1.165, 1.54) is 24.7 Å². The number of carbonyl (C=O) groups is 3. The van der Waals surface area contributed by atoms with Crippen LogP contribution in [0.15, 0.2) is 46.8 Å². The molecule has 1 aromatic heterocycles. The third-order valence-electron chi connectivity index (χ3n) is 9.73. The number of rotatable bonds is 4. The van der Waals surface area contributed by atoms with Gasteiger partial charge in [-0.2, -0.15) is 0 Å². The number of carbonyl (C=O) groups excluding carboxylic acids is 3. The molecule has 8 atom stereocenters. The van der Waals surface area contributed by atoms with Gasteiger partial charge >= 0.3 is 5.97 Å². The molecule has 0 amide bonds. The molecule has 0 spiro atoms. The molecule has 0 aliphatic heterocycles. The van der Waals surface area contributed by atoms with Gasteiger partial charge in [0.1, 0.15) is 6.26 Å². The lowest BCUT2D eigenvalue weighted by Gasteiger charge is -2.64. The summed E-state index contributed by atoms with van der Waals surface area (Å²) in [5, 5.41) is 11.8. The summed E-state index contributed by atoms with van der Waals surface area (Å²) >= 11 is 13.6. The average Bonchev–Trinajstić information content (AvgIpc) is 3.42. The highest BCUT2D eigenvalue weighted by molar-refractivity contribution is 6.29. The fourth-order valence-corrected chi connectivity index (χ4v) is 8.81. The molecule has 35 heavy (non-hydrogen) atoms. The fraction of sp³-hybridized carbons (Fsp3) is 0.593. The summed E-state index contributed by atoms with van der Waals surface area (Å²) < 4.78 is 11.2. The largest absolute Gasteiger partial charge is 0.472 e. The zero-order valence-electron chi connectivity index (χ0n) is 20.1. The van der Waals surface area contributed by atoms with Crippen molar-refractivity contribution in [2.45, 2.75) is 63.0 Å². The Bertz CT molecular complexity index is 1140. The topological polar surface area (TPSA) is 93.8 Å². The molecule has 1 N–H and O–H groups in total. The predicted molar refractivity (Wildman–Crippen MR) is 130 cm³/mol. The lowest BCUT2D eigenvalue weighted by atomic mass is 9.45. The number of alkyl halides is 2. The van der Waals surface area contributed by atoms with E-state index in [1.807, 2.05) is 26.8 Å². The highest BCUT2D eigenvalue weighted by Gasteiger charge is 2.76. The van der Waals surface area contributed by atoms with E-state index in [2.05, 4.69) is 0 Å². The van der Waals surface area contributed by atoms with Crippen LogP contribution in [0.4, 0.5) is 0 Å². The molecule has 4 aliphatic rings. The van der Waals surface area contributed by atoms with Crippen LogP contribution in [0.25, 0.3) is 0 Å². The summed E-state index contributed by atoms with van der Waals surface area (Å²) in [6.45, 7) is 5.83. The zero-order valence-corrected chi connectivity index (χ0v) is 21.6. The van der Waals surface area contributed by atoms with Crippen LogP contribution in [0.3, 0.4) is 0 Å². The Hall–Kier alpha value is -1.89. The van der Waals surface area contributed by atoms with E-state index in [1.54, 1.807) is 6.08 Å². The SMILES string of the molecule is C[C@@H]1C[C@H]2[C@@H]3CCC4=CC(=O)C=C[C@]4(C)[C@@]3(Cl)[C@@H](O)C[C@]2(C)[C@@]1(OC(=O)c1ccoc1)C(=O)CCl. The number of halogens is 2. The second-order valence-electron chi connectivity index (χ2n) is 11.1. The van der Waals surface area contributed by atoms with E-state index in [-0.39, 0.29) is 47.2 Å². The standard InChI is InChI=1S/C27H30Cl2O6/c1-15-10-20-19-5-4-17-11-18(30)6-8-24(17,2)26(19,29)21(31)12-25(20,3)27(15,22(32)13-28)35-23(33)16-7-9-34-14-16/h6-9,11,14-15,19-21,31H,4-5,10,12-13H2,1-3H3/t15-,19+,20+,21+,24+,25+,26+,27+/m1/s1. The molecule has 0 radical (unpaired) electrons. The van der Waals surface area contributed by atoms with E-state index in [9.17, 15) is 19.5 Å². The van der Waals surface area contributed by atoms with Crippen molar-refractivity contribution < 1.29 is 28.6 Å². The van der Waals surface area contributed by atoms with Gasteiger partial charge in [-0.05, 0) is 55.7 Å². The van der Waals surface area contributed by atoms with Gasteiger partial charge in [-0.3, -0.25) is 9.59 Å². The number of hydrogen-bond donors (Lipinski definition) is 1. The summed E-state index contributed by atoms with van der Waals surface area (Å²) in [6, 6.07) is 1.49. The molecule has 8 heteroatoms. The molecular formula is C27H30Cl2O6. The molecule has 0 bridgehead atoms. The third kappa shape index (κ3) is 3.02. The lowest BCUT2D eigenvalue weighted by molar-refractivity contribution is -0.176. The number of aliphatic hydroxyl groups excluding tert-OH is 1. The van der Waals surface area contributed by atoms with Gasteiger partial charge in [0.15, 0.2) is 17.2 Å². The van der Waals surface area contributed by atoms with Crippen LogP contribution in [0.2, 0.25) is 0 Å².